The number of methoxy groups -OCH3 is 1. The highest BCUT2D eigenvalue weighted by atomic mass is 35.5. The number of benzene rings is 3. The lowest BCUT2D eigenvalue weighted by Crippen LogP contribution is -2.27. The van der Waals surface area contributed by atoms with Gasteiger partial charge in [-0.2, -0.15) is 8.42 Å². The molecule has 4 rings (SSSR count). The second kappa shape index (κ2) is 10.3. The molecule has 0 unspecified atom stereocenters. The summed E-state index contributed by atoms with van der Waals surface area (Å²) in [4.78, 5) is 26.6. The molecule has 11 heteroatoms. The summed E-state index contributed by atoms with van der Waals surface area (Å²) in [5.74, 6) is -0.490. The Morgan fingerprint density at radius 3 is 2.20 bits per heavy atom. The van der Waals surface area contributed by atoms with Crippen LogP contribution >= 0.6 is 35.0 Å². The Balaban J connectivity index is 1.65. The first-order valence-corrected chi connectivity index (χ1v) is 13.0. The SMILES string of the molecule is COc1cccc(/C=C2\SC(=O)N(Cc3ccc(Cl)cc3)C2=O)c1OS(=O)(=O)c1ccc(Cl)cc1. The standard InChI is InChI=1S/C24H17Cl2NO6S2/c1-32-20-4-2-3-16(22(20)33-35(30,31)19-11-9-18(26)10-12-19)13-21-23(28)27(24(29)34-21)14-15-5-7-17(25)8-6-15/h2-13H,14H2,1H3/b21-13-. The highest BCUT2D eigenvalue weighted by Crippen LogP contribution is 2.39. The topological polar surface area (TPSA) is 90.0 Å². The maximum atomic E-state index is 13.0. The van der Waals surface area contributed by atoms with E-state index >= 15 is 0 Å². The van der Waals surface area contributed by atoms with Crippen LogP contribution in [0.1, 0.15) is 11.1 Å². The Labute approximate surface area is 216 Å². The van der Waals surface area contributed by atoms with Crippen molar-refractivity contribution in [1.82, 2.24) is 4.90 Å². The fourth-order valence-corrected chi connectivity index (χ4v) is 5.25. The molecule has 0 bridgehead atoms. The van der Waals surface area contributed by atoms with Gasteiger partial charge in [-0.3, -0.25) is 14.5 Å². The number of nitrogens with zero attached hydrogens (tertiary/aromatic N) is 1. The third kappa shape index (κ3) is 5.65. The highest BCUT2D eigenvalue weighted by molar-refractivity contribution is 8.18. The van der Waals surface area contributed by atoms with Gasteiger partial charge in [-0.1, -0.05) is 47.5 Å². The average Bonchev–Trinajstić information content (AvgIpc) is 3.09. The zero-order valence-corrected chi connectivity index (χ0v) is 21.2. The Kier molecular flexibility index (Phi) is 7.42. The minimum Gasteiger partial charge on any atom is -0.493 e. The van der Waals surface area contributed by atoms with E-state index in [4.69, 9.17) is 32.1 Å². The van der Waals surface area contributed by atoms with Crippen molar-refractivity contribution in [2.75, 3.05) is 7.11 Å². The van der Waals surface area contributed by atoms with E-state index in [2.05, 4.69) is 0 Å². The van der Waals surface area contributed by atoms with Crippen molar-refractivity contribution in [1.29, 1.82) is 0 Å². The molecule has 0 radical (unpaired) electrons. The third-order valence-electron chi connectivity index (χ3n) is 4.94. The third-order valence-corrected chi connectivity index (χ3v) is 7.59. The first-order valence-electron chi connectivity index (χ1n) is 10.0. The molecule has 1 fully saturated rings. The number of halogens is 2. The van der Waals surface area contributed by atoms with Crippen molar-refractivity contribution in [2.45, 2.75) is 11.4 Å². The van der Waals surface area contributed by atoms with Crippen molar-refractivity contribution in [3.63, 3.8) is 0 Å². The molecule has 2 amide bonds. The molecule has 1 saturated heterocycles. The van der Waals surface area contributed by atoms with Crippen LogP contribution in [0.25, 0.3) is 6.08 Å². The van der Waals surface area contributed by atoms with Crippen LogP contribution in [0.2, 0.25) is 10.0 Å². The normalized spacial score (nSPS) is 15.1. The molecule has 0 aliphatic carbocycles. The van der Waals surface area contributed by atoms with Gasteiger partial charge in [0.05, 0.1) is 18.6 Å². The van der Waals surface area contributed by atoms with Crippen LogP contribution in [0.5, 0.6) is 11.5 Å². The molecule has 0 N–H and O–H groups in total. The lowest BCUT2D eigenvalue weighted by Gasteiger charge is -2.14. The molecular weight excluding hydrogens is 533 g/mol. The summed E-state index contributed by atoms with van der Waals surface area (Å²) in [5, 5.41) is 0.466. The zero-order valence-electron chi connectivity index (χ0n) is 18.1. The van der Waals surface area contributed by atoms with Crippen LogP contribution < -0.4 is 8.92 Å². The number of imide groups is 1. The van der Waals surface area contributed by atoms with E-state index in [0.29, 0.717) is 10.0 Å². The van der Waals surface area contributed by atoms with E-state index in [1.807, 2.05) is 0 Å². The molecule has 180 valence electrons. The maximum Gasteiger partial charge on any atom is 0.339 e. The van der Waals surface area contributed by atoms with Gasteiger partial charge in [-0.05, 0) is 65.9 Å². The molecule has 0 aromatic heterocycles. The zero-order chi connectivity index (χ0) is 25.2. The van der Waals surface area contributed by atoms with Crippen molar-refractivity contribution in [2.24, 2.45) is 0 Å². The molecule has 7 nitrogen and oxygen atoms in total. The number of carbonyl (C=O) groups is 2. The fourth-order valence-electron chi connectivity index (χ4n) is 3.21. The molecule has 3 aromatic carbocycles. The Morgan fingerprint density at radius 1 is 0.943 bits per heavy atom. The molecular formula is C24H17Cl2NO6S2. The van der Waals surface area contributed by atoms with Gasteiger partial charge in [0.25, 0.3) is 11.1 Å². The predicted molar refractivity (Wildman–Crippen MR) is 135 cm³/mol. The molecule has 1 aliphatic heterocycles. The minimum absolute atomic E-state index is 0.0750. The number of ether oxygens (including phenoxy) is 1. The van der Waals surface area contributed by atoms with Crippen LogP contribution in [-0.4, -0.2) is 31.6 Å². The smallest absolute Gasteiger partial charge is 0.339 e. The van der Waals surface area contributed by atoms with E-state index in [1.54, 1.807) is 36.4 Å². The van der Waals surface area contributed by atoms with Crippen LogP contribution in [0.3, 0.4) is 0 Å². The second-order valence-corrected chi connectivity index (χ2v) is 10.7. The lowest BCUT2D eigenvalue weighted by molar-refractivity contribution is -0.123. The summed E-state index contributed by atoms with van der Waals surface area (Å²) in [6.45, 7) is 0.0750. The number of thioether (sulfide) groups is 1. The molecule has 0 atom stereocenters. The molecule has 0 saturated carbocycles. The summed E-state index contributed by atoms with van der Waals surface area (Å²) < 4.78 is 36.5. The van der Waals surface area contributed by atoms with E-state index in [1.165, 1.54) is 43.5 Å². The van der Waals surface area contributed by atoms with Gasteiger partial charge in [0.2, 0.25) is 0 Å². The van der Waals surface area contributed by atoms with Gasteiger partial charge in [-0.15, -0.1) is 0 Å². The van der Waals surface area contributed by atoms with Crippen molar-refractivity contribution in [3.8, 4) is 11.5 Å². The number of hydrogen-bond acceptors (Lipinski definition) is 7. The highest BCUT2D eigenvalue weighted by Gasteiger charge is 2.35. The predicted octanol–water partition coefficient (Wildman–Crippen LogP) is 6.01. The lowest BCUT2D eigenvalue weighted by atomic mass is 10.1. The summed E-state index contributed by atoms with van der Waals surface area (Å²) >= 11 is 12.5. The van der Waals surface area contributed by atoms with Gasteiger partial charge in [0.1, 0.15) is 4.90 Å². The number of hydrogen-bond donors (Lipinski definition) is 0. The largest absolute Gasteiger partial charge is 0.493 e. The van der Waals surface area contributed by atoms with Crippen LogP contribution in [0.15, 0.2) is 76.5 Å². The fraction of sp³-hybridized carbons (Fsp3) is 0.0833. The summed E-state index contributed by atoms with van der Waals surface area (Å²) in [5.41, 5.74) is 0.983. The number of para-hydroxylation sites is 1. The number of carbonyl (C=O) groups excluding carboxylic acids is 2. The molecule has 3 aromatic rings. The van der Waals surface area contributed by atoms with Gasteiger partial charge in [-0.25, -0.2) is 0 Å². The first kappa shape index (κ1) is 25.1. The van der Waals surface area contributed by atoms with Crippen molar-refractivity contribution < 1.29 is 26.9 Å². The minimum atomic E-state index is -4.25. The van der Waals surface area contributed by atoms with E-state index in [0.717, 1.165) is 22.2 Å². The van der Waals surface area contributed by atoms with Crippen molar-refractivity contribution >= 4 is 62.3 Å². The average molecular weight is 550 g/mol. The Bertz CT molecular complexity index is 1420. The van der Waals surface area contributed by atoms with Gasteiger partial charge in [0, 0.05) is 15.6 Å². The van der Waals surface area contributed by atoms with Gasteiger partial charge < -0.3 is 8.92 Å². The number of amides is 2. The monoisotopic (exact) mass is 549 g/mol. The summed E-state index contributed by atoms with van der Waals surface area (Å²) in [7, 11) is -2.88. The summed E-state index contributed by atoms with van der Waals surface area (Å²) in [6.07, 6.45) is 1.40. The van der Waals surface area contributed by atoms with Crippen LogP contribution in [0.4, 0.5) is 4.79 Å². The van der Waals surface area contributed by atoms with Crippen molar-refractivity contribution in [3.05, 3.63) is 92.8 Å². The Hall–Kier alpha value is -2.98. The van der Waals surface area contributed by atoms with E-state index in [9.17, 15) is 18.0 Å². The second-order valence-electron chi connectivity index (χ2n) is 7.26. The first-order chi connectivity index (χ1) is 16.7. The maximum absolute atomic E-state index is 13.0. The Morgan fingerprint density at radius 2 is 1.57 bits per heavy atom. The van der Waals surface area contributed by atoms with Gasteiger partial charge in [0.15, 0.2) is 11.5 Å². The number of rotatable bonds is 7. The van der Waals surface area contributed by atoms with Crippen LogP contribution in [-0.2, 0) is 21.5 Å². The molecule has 35 heavy (non-hydrogen) atoms. The van der Waals surface area contributed by atoms with E-state index < -0.39 is 21.3 Å². The molecule has 1 heterocycles. The molecule has 0 spiro atoms. The van der Waals surface area contributed by atoms with Crippen LogP contribution in [0, 0.1) is 0 Å². The molecule has 1 aliphatic rings. The summed E-state index contributed by atoms with van der Waals surface area (Å²) in [6, 6.07) is 17.0. The van der Waals surface area contributed by atoms with Gasteiger partial charge >= 0.3 is 10.1 Å². The van der Waals surface area contributed by atoms with E-state index in [-0.39, 0.29) is 33.4 Å². The quantitative estimate of drug-likeness (QED) is 0.263.